The molecule has 0 amide bonds. The van der Waals surface area contributed by atoms with Gasteiger partial charge in [-0.05, 0) is 17.5 Å². The molecular weight excluding hydrogens is 262 g/mol. The van der Waals surface area contributed by atoms with Gasteiger partial charge in [-0.25, -0.2) is 0 Å². The third-order valence-corrected chi connectivity index (χ3v) is 3.53. The molecule has 0 aliphatic heterocycles. The number of benzene rings is 1. The van der Waals surface area contributed by atoms with Crippen LogP contribution in [-0.4, -0.2) is 29.3 Å². The van der Waals surface area contributed by atoms with Crippen LogP contribution in [0.3, 0.4) is 0 Å². The van der Waals surface area contributed by atoms with Crippen molar-refractivity contribution in [3.8, 4) is 0 Å². The fourth-order valence-corrected chi connectivity index (χ4v) is 2.12. The predicted molar refractivity (Wildman–Crippen MR) is 86.3 cm³/mol. The summed E-state index contributed by atoms with van der Waals surface area (Å²) in [7, 11) is 3.72. The number of aromatic nitrogens is 2. The topological polar surface area (TPSA) is 54.2 Å². The summed E-state index contributed by atoms with van der Waals surface area (Å²) in [5.41, 5.74) is 2.45. The lowest BCUT2D eigenvalue weighted by molar-refractivity contribution is 0.669. The van der Waals surface area contributed by atoms with Crippen LogP contribution in [0.25, 0.3) is 0 Å². The Labute approximate surface area is 126 Å². The Morgan fingerprint density at radius 2 is 2.00 bits per heavy atom. The van der Waals surface area contributed by atoms with Crippen molar-refractivity contribution in [3.05, 3.63) is 53.9 Å². The Morgan fingerprint density at radius 3 is 2.62 bits per heavy atom. The molecule has 5 nitrogen and oxygen atoms in total. The quantitative estimate of drug-likeness (QED) is 0.651. The van der Waals surface area contributed by atoms with Crippen molar-refractivity contribution in [2.75, 3.05) is 13.6 Å². The molecule has 2 N–H and O–H groups in total. The van der Waals surface area contributed by atoms with Gasteiger partial charge in [0.25, 0.3) is 0 Å². The number of nitrogens with zero attached hydrogens (tertiary/aromatic N) is 3. The van der Waals surface area contributed by atoms with Crippen LogP contribution in [0, 0.1) is 0 Å². The van der Waals surface area contributed by atoms with Crippen molar-refractivity contribution in [1.82, 2.24) is 20.4 Å². The smallest absolute Gasteiger partial charge is 0.191 e. The van der Waals surface area contributed by atoms with Crippen molar-refractivity contribution in [3.63, 3.8) is 0 Å². The number of aryl methyl sites for hydroxylation is 1. The van der Waals surface area contributed by atoms with Gasteiger partial charge in [0, 0.05) is 26.8 Å². The van der Waals surface area contributed by atoms with Gasteiger partial charge in [0.1, 0.15) is 0 Å². The van der Waals surface area contributed by atoms with Crippen LogP contribution in [0.4, 0.5) is 0 Å². The van der Waals surface area contributed by atoms with Crippen LogP contribution in [0.15, 0.2) is 47.6 Å². The highest BCUT2D eigenvalue weighted by Gasteiger charge is 2.06. The largest absolute Gasteiger partial charge is 0.356 e. The van der Waals surface area contributed by atoms with Gasteiger partial charge in [-0.3, -0.25) is 9.67 Å². The van der Waals surface area contributed by atoms with E-state index in [-0.39, 0.29) is 0 Å². The Kier molecular flexibility index (Phi) is 5.37. The zero-order valence-electron chi connectivity index (χ0n) is 12.9. The molecule has 112 valence electrons. The van der Waals surface area contributed by atoms with Crippen LogP contribution < -0.4 is 10.6 Å². The van der Waals surface area contributed by atoms with Gasteiger partial charge in [-0.2, -0.15) is 5.10 Å². The molecule has 2 rings (SSSR count). The number of guanidine groups is 1. The van der Waals surface area contributed by atoms with Gasteiger partial charge in [0.2, 0.25) is 0 Å². The van der Waals surface area contributed by atoms with E-state index >= 15 is 0 Å². The normalized spacial score (nSPS) is 13.0. The average molecular weight is 285 g/mol. The Hall–Kier alpha value is -2.30. The van der Waals surface area contributed by atoms with Crippen molar-refractivity contribution >= 4 is 5.96 Å². The van der Waals surface area contributed by atoms with E-state index in [1.54, 1.807) is 13.2 Å². The summed E-state index contributed by atoms with van der Waals surface area (Å²) in [5, 5.41) is 10.8. The molecule has 1 aromatic carbocycles. The molecule has 0 bridgehead atoms. The van der Waals surface area contributed by atoms with Crippen LogP contribution in [0.1, 0.15) is 24.1 Å². The number of aliphatic imine (C=N–C) groups is 1. The van der Waals surface area contributed by atoms with Gasteiger partial charge in [-0.1, -0.05) is 37.3 Å². The molecule has 1 atom stereocenters. The first-order valence-electron chi connectivity index (χ1n) is 7.17. The van der Waals surface area contributed by atoms with Crippen molar-refractivity contribution < 1.29 is 0 Å². The second kappa shape index (κ2) is 7.47. The second-order valence-electron chi connectivity index (χ2n) is 5.06. The summed E-state index contributed by atoms with van der Waals surface area (Å²) >= 11 is 0. The van der Waals surface area contributed by atoms with E-state index in [2.05, 4.69) is 51.9 Å². The molecule has 0 spiro atoms. The van der Waals surface area contributed by atoms with Crippen LogP contribution in [0.5, 0.6) is 0 Å². The summed E-state index contributed by atoms with van der Waals surface area (Å²) in [5.74, 6) is 1.24. The third-order valence-electron chi connectivity index (χ3n) is 3.53. The first-order valence-corrected chi connectivity index (χ1v) is 7.17. The molecule has 0 radical (unpaired) electrons. The first-order chi connectivity index (χ1) is 10.2. The van der Waals surface area contributed by atoms with Crippen LogP contribution in [-0.2, 0) is 13.6 Å². The molecule has 1 heterocycles. The zero-order valence-corrected chi connectivity index (χ0v) is 12.9. The highest BCUT2D eigenvalue weighted by molar-refractivity contribution is 5.79. The minimum atomic E-state index is 0.432. The Morgan fingerprint density at radius 1 is 1.24 bits per heavy atom. The summed E-state index contributed by atoms with van der Waals surface area (Å²) < 4.78 is 1.85. The standard InChI is InChI=1S/C16H23N5/c1-13(14-7-5-4-6-8-14)11-18-16(17-2)19-12-15-9-10-20-21(15)3/h4-10,13H,11-12H2,1-3H3,(H2,17,18,19). The molecular formula is C16H23N5. The van der Waals surface area contributed by atoms with Crippen molar-refractivity contribution in [2.24, 2.45) is 12.0 Å². The maximum absolute atomic E-state index is 4.25. The van der Waals surface area contributed by atoms with Gasteiger partial charge in [0.15, 0.2) is 5.96 Å². The zero-order chi connectivity index (χ0) is 15.1. The van der Waals surface area contributed by atoms with E-state index in [0.717, 1.165) is 18.2 Å². The third kappa shape index (κ3) is 4.34. The van der Waals surface area contributed by atoms with Crippen LogP contribution >= 0.6 is 0 Å². The van der Waals surface area contributed by atoms with E-state index in [1.807, 2.05) is 23.9 Å². The molecule has 1 unspecified atom stereocenters. The molecule has 21 heavy (non-hydrogen) atoms. The van der Waals surface area contributed by atoms with Gasteiger partial charge in [0.05, 0.1) is 12.2 Å². The highest BCUT2D eigenvalue weighted by Crippen LogP contribution is 2.12. The minimum Gasteiger partial charge on any atom is -0.356 e. The number of nitrogens with one attached hydrogen (secondary N) is 2. The molecule has 0 aliphatic rings. The van der Waals surface area contributed by atoms with Crippen LogP contribution in [0.2, 0.25) is 0 Å². The van der Waals surface area contributed by atoms with E-state index < -0.39 is 0 Å². The molecule has 5 heteroatoms. The summed E-state index contributed by atoms with van der Waals surface area (Å²) in [6, 6.07) is 12.5. The maximum Gasteiger partial charge on any atom is 0.191 e. The number of rotatable bonds is 5. The lowest BCUT2D eigenvalue weighted by Gasteiger charge is -2.16. The lowest BCUT2D eigenvalue weighted by Crippen LogP contribution is -2.38. The molecule has 0 saturated heterocycles. The van der Waals surface area contributed by atoms with Crippen molar-refractivity contribution in [2.45, 2.75) is 19.4 Å². The molecule has 0 fully saturated rings. The summed E-state index contributed by atoms with van der Waals surface area (Å²) in [6.45, 7) is 3.75. The van der Waals surface area contributed by atoms with E-state index in [0.29, 0.717) is 12.5 Å². The lowest BCUT2D eigenvalue weighted by atomic mass is 10.0. The number of hydrogen-bond acceptors (Lipinski definition) is 2. The molecule has 1 aromatic heterocycles. The fraction of sp³-hybridized carbons (Fsp3) is 0.375. The molecule has 2 aromatic rings. The van der Waals surface area contributed by atoms with E-state index in [4.69, 9.17) is 0 Å². The average Bonchev–Trinajstić information content (AvgIpc) is 2.93. The molecule has 0 aliphatic carbocycles. The summed E-state index contributed by atoms with van der Waals surface area (Å²) in [6.07, 6.45) is 1.80. The van der Waals surface area contributed by atoms with Gasteiger partial charge >= 0.3 is 0 Å². The fourth-order valence-electron chi connectivity index (χ4n) is 2.12. The van der Waals surface area contributed by atoms with Gasteiger partial charge < -0.3 is 10.6 Å². The highest BCUT2D eigenvalue weighted by atomic mass is 15.3. The molecule has 0 saturated carbocycles. The van der Waals surface area contributed by atoms with Gasteiger partial charge in [-0.15, -0.1) is 0 Å². The maximum atomic E-state index is 4.25. The number of hydrogen-bond donors (Lipinski definition) is 2. The van der Waals surface area contributed by atoms with Crippen molar-refractivity contribution in [1.29, 1.82) is 0 Å². The monoisotopic (exact) mass is 285 g/mol. The Balaban J connectivity index is 1.82. The second-order valence-corrected chi connectivity index (χ2v) is 5.06. The summed E-state index contributed by atoms with van der Waals surface area (Å²) in [4.78, 5) is 4.25. The minimum absolute atomic E-state index is 0.432. The van der Waals surface area contributed by atoms with E-state index in [9.17, 15) is 0 Å². The first kappa shape index (κ1) is 15.1. The SMILES string of the molecule is CN=C(NCc1ccnn1C)NCC(C)c1ccccc1. The Bertz CT molecular complexity index is 573. The van der Waals surface area contributed by atoms with E-state index in [1.165, 1.54) is 5.56 Å². The predicted octanol–water partition coefficient (Wildman–Crippen LogP) is 1.89.